The van der Waals surface area contributed by atoms with E-state index >= 15 is 0 Å². The van der Waals surface area contributed by atoms with Crippen LogP contribution in [0.3, 0.4) is 0 Å². The van der Waals surface area contributed by atoms with Gasteiger partial charge in [-0.1, -0.05) is 46.6 Å². The highest BCUT2D eigenvalue weighted by Gasteiger charge is 2.12. The Hall–Kier alpha value is -1.96. The third kappa shape index (κ3) is 4.53. The molecule has 2 aromatic rings. The molecule has 0 bridgehead atoms. The van der Waals surface area contributed by atoms with Crippen molar-refractivity contribution >= 4 is 39.2 Å². The van der Waals surface area contributed by atoms with Gasteiger partial charge in [0.15, 0.2) is 11.5 Å². The summed E-state index contributed by atoms with van der Waals surface area (Å²) in [5.74, 6) is 1.08. The number of nitriles is 1. The van der Waals surface area contributed by atoms with Gasteiger partial charge in [-0.25, -0.2) is 0 Å². The Bertz CT molecular complexity index is 779. The fourth-order valence-corrected chi connectivity index (χ4v) is 2.68. The lowest BCUT2D eigenvalue weighted by atomic mass is 10.0. The molecule has 0 saturated heterocycles. The maximum absolute atomic E-state index is 9.46. The van der Waals surface area contributed by atoms with Gasteiger partial charge >= 0.3 is 0 Å². The molecule has 24 heavy (non-hydrogen) atoms. The van der Waals surface area contributed by atoms with Gasteiger partial charge in [-0.3, -0.25) is 0 Å². The average Bonchev–Trinajstić information content (AvgIpc) is 2.59. The van der Waals surface area contributed by atoms with Gasteiger partial charge in [0.25, 0.3) is 0 Å². The molecule has 3 nitrogen and oxygen atoms in total. The molecule has 124 valence electrons. The predicted octanol–water partition coefficient (Wildman–Crippen LogP) is 5.96. The van der Waals surface area contributed by atoms with Crippen LogP contribution in [0.2, 0.25) is 5.02 Å². The quantitative estimate of drug-likeness (QED) is 0.439. The molecule has 0 amide bonds. The summed E-state index contributed by atoms with van der Waals surface area (Å²) in [7, 11) is 1.57. The Kier molecular flexibility index (Phi) is 6.72. The highest BCUT2D eigenvalue weighted by atomic mass is 79.9. The van der Waals surface area contributed by atoms with Crippen molar-refractivity contribution in [2.45, 2.75) is 13.3 Å². The minimum absolute atomic E-state index is 0.460. The summed E-state index contributed by atoms with van der Waals surface area (Å²) in [6.07, 6.45) is 2.66. The van der Waals surface area contributed by atoms with Crippen LogP contribution in [0.25, 0.3) is 11.6 Å². The number of methoxy groups -OCH3 is 1. The van der Waals surface area contributed by atoms with Gasteiger partial charge in [0.1, 0.15) is 0 Å². The summed E-state index contributed by atoms with van der Waals surface area (Å²) < 4.78 is 12.0. The van der Waals surface area contributed by atoms with Crippen LogP contribution < -0.4 is 9.47 Å². The monoisotopic (exact) mass is 405 g/mol. The standard InChI is InChI=1S/C19H17BrClNO2/c1-3-8-24-19-17(21)10-13(11-18(19)23-2)9-15(12-22)14-4-6-16(20)7-5-14/h4-7,9-11H,3,8H2,1-2H3/b15-9+. The summed E-state index contributed by atoms with van der Waals surface area (Å²) in [5.41, 5.74) is 2.16. The Labute approximate surface area is 155 Å². The molecule has 0 aliphatic carbocycles. The van der Waals surface area contributed by atoms with E-state index in [9.17, 15) is 5.26 Å². The van der Waals surface area contributed by atoms with E-state index in [0.29, 0.717) is 28.7 Å². The fraction of sp³-hybridized carbons (Fsp3) is 0.211. The predicted molar refractivity (Wildman–Crippen MR) is 101 cm³/mol. The van der Waals surface area contributed by atoms with E-state index in [4.69, 9.17) is 21.1 Å². The zero-order chi connectivity index (χ0) is 17.5. The van der Waals surface area contributed by atoms with Crippen LogP contribution in [0.4, 0.5) is 0 Å². The van der Waals surface area contributed by atoms with E-state index in [1.807, 2.05) is 37.3 Å². The number of rotatable bonds is 6. The van der Waals surface area contributed by atoms with E-state index < -0.39 is 0 Å². The van der Waals surface area contributed by atoms with Gasteiger partial charge in [0.2, 0.25) is 0 Å². The molecule has 0 aromatic heterocycles. The van der Waals surface area contributed by atoms with Gasteiger partial charge in [0.05, 0.1) is 30.4 Å². The minimum Gasteiger partial charge on any atom is -0.493 e. The summed E-state index contributed by atoms with van der Waals surface area (Å²) in [4.78, 5) is 0. The SMILES string of the molecule is CCCOc1c(Cl)cc(/C=C(\C#N)c2ccc(Br)cc2)cc1OC. The number of halogens is 2. The molecular formula is C19H17BrClNO2. The molecule has 0 N–H and O–H groups in total. The Morgan fingerprint density at radius 2 is 2.00 bits per heavy atom. The van der Waals surface area contributed by atoms with Crippen molar-refractivity contribution in [1.82, 2.24) is 0 Å². The third-order valence-electron chi connectivity index (χ3n) is 3.29. The molecule has 0 fully saturated rings. The second-order valence-electron chi connectivity index (χ2n) is 5.06. The summed E-state index contributed by atoms with van der Waals surface area (Å²) in [6, 6.07) is 13.4. The molecule has 0 heterocycles. The van der Waals surface area contributed by atoms with Crippen molar-refractivity contribution in [2.24, 2.45) is 0 Å². The largest absolute Gasteiger partial charge is 0.493 e. The first kappa shape index (κ1) is 18.4. The highest BCUT2D eigenvalue weighted by Crippen LogP contribution is 2.37. The lowest BCUT2D eigenvalue weighted by Gasteiger charge is -2.13. The van der Waals surface area contributed by atoms with Crippen molar-refractivity contribution in [2.75, 3.05) is 13.7 Å². The van der Waals surface area contributed by atoms with Crippen molar-refractivity contribution in [1.29, 1.82) is 5.26 Å². The second kappa shape index (κ2) is 8.77. The number of hydrogen-bond donors (Lipinski definition) is 0. The Morgan fingerprint density at radius 1 is 1.29 bits per heavy atom. The van der Waals surface area contributed by atoms with Crippen LogP contribution in [0, 0.1) is 11.3 Å². The number of allylic oxidation sites excluding steroid dienone is 1. The topological polar surface area (TPSA) is 42.2 Å². The van der Waals surface area contributed by atoms with Crippen LogP contribution in [-0.4, -0.2) is 13.7 Å². The van der Waals surface area contributed by atoms with Crippen LogP contribution >= 0.6 is 27.5 Å². The van der Waals surface area contributed by atoms with Gasteiger partial charge in [-0.15, -0.1) is 0 Å². The minimum atomic E-state index is 0.460. The summed E-state index contributed by atoms with van der Waals surface area (Å²) >= 11 is 9.71. The molecule has 0 aliphatic heterocycles. The smallest absolute Gasteiger partial charge is 0.179 e. The molecule has 0 saturated carbocycles. The molecule has 2 rings (SSSR count). The Morgan fingerprint density at radius 3 is 2.58 bits per heavy atom. The average molecular weight is 407 g/mol. The van der Waals surface area contributed by atoms with Crippen LogP contribution in [0.15, 0.2) is 40.9 Å². The van der Waals surface area contributed by atoms with Crippen LogP contribution in [0.1, 0.15) is 24.5 Å². The summed E-state index contributed by atoms with van der Waals surface area (Å²) in [6.45, 7) is 2.59. The van der Waals surface area contributed by atoms with E-state index in [-0.39, 0.29) is 0 Å². The zero-order valence-corrected chi connectivity index (χ0v) is 15.8. The maximum Gasteiger partial charge on any atom is 0.179 e. The van der Waals surface area contributed by atoms with Crippen molar-refractivity contribution in [3.8, 4) is 17.6 Å². The molecule has 2 aromatic carbocycles. The molecule has 0 aliphatic rings. The normalized spacial score (nSPS) is 11.0. The maximum atomic E-state index is 9.46. The van der Waals surface area contributed by atoms with Crippen LogP contribution in [0.5, 0.6) is 11.5 Å². The van der Waals surface area contributed by atoms with Gasteiger partial charge in [0, 0.05) is 4.47 Å². The Balaban J connectivity index is 2.42. The molecule has 0 radical (unpaired) electrons. The van der Waals surface area contributed by atoms with Gasteiger partial charge in [-0.2, -0.15) is 5.26 Å². The van der Waals surface area contributed by atoms with E-state index in [2.05, 4.69) is 22.0 Å². The van der Waals surface area contributed by atoms with Crippen LogP contribution in [-0.2, 0) is 0 Å². The first-order chi connectivity index (χ1) is 11.6. The third-order valence-corrected chi connectivity index (χ3v) is 4.10. The lowest BCUT2D eigenvalue weighted by Crippen LogP contribution is -1.99. The van der Waals surface area contributed by atoms with Crippen molar-refractivity contribution in [3.05, 3.63) is 57.0 Å². The van der Waals surface area contributed by atoms with Crippen molar-refractivity contribution < 1.29 is 9.47 Å². The van der Waals surface area contributed by atoms with Crippen molar-refractivity contribution in [3.63, 3.8) is 0 Å². The van der Waals surface area contributed by atoms with E-state index in [0.717, 1.165) is 22.0 Å². The van der Waals surface area contributed by atoms with Gasteiger partial charge < -0.3 is 9.47 Å². The van der Waals surface area contributed by atoms with E-state index in [1.165, 1.54) is 0 Å². The van der Waals surface area contributed by atoms with Gasteiger partial charge in [-0.05, 0) is 47.9 Å². The second-order valence-corrected chi connectivity index (χ2v) is 6.38. The molecule has 0 unspecified atom stereocenters. The summed E-state index contributed by atoms with van der Waals surface area (Å²) in [5, 5.41) is 9.92. The fourth-order valence-electron chi connectivity index (χ4n) is 2.14. The van der Waals surface area contributed by atoms with E-state index in [1.54, 1.807) is 19.3 Å². The highest BCUT2D eigenvalue weighted by molar-refractivity contribution is 9.10. The number of benzene rings is 2. The first-order valence-electron chi connectivity index (χ1n) is 7.47. The zero-order valence-electron chi connectivity index (χ0n) is 13.5. The number of ether oxygens (including phenoxy) is 2. The molecular weight excluding hydrogens is 390 g/mol. The lowest BCUT2D eigenvalue weighted by molar-refractivity contribution is 0.294. The number of nitrogens with zero attached hydrogens (tertiary/aromatic N) is 1. The first-order valence-corrected chi connectivity index (χ1v) is 8.64. The molecule has 0 atom stereocenters. The molecule has 5 heteroatoms. The molecule has 0 spiro atoms. The number of hydrogen-bond acceptors (Lipinski definition) is 3.